The van der Waals surface area contributed by atoms with Crippen LogP contribution in [0.3, 0.4) is 0 Å². The predicted molar refractivity (Wildman–Crippen MR) is 68.1 cm³/mol. The highest BCUT2D eigenvalue weighted by molar-refractivity contribution is 5.54. The highest BCUT2D eigenvalue weighted by atomic mass is 14.7. The second-order valence-electron chi connectivity index (χ2n) is 4.27. The van der Waals surface area contributed by atoms with Crippen molar-refractivity contribution in [1.82, 2.24) is 4.98 Å². The predicted octanol–water partition coefficient (Wildman–Crippen LogP) is 2.88. The largest absolute Gasteiger partial charge is 0.330 e. The third-order valence-electron chi connectivity index (χ3n) is 3.02. The summed E-state index contributed by atoms with van der Waals surface area (Å²) in [5.41, 5.74) is 9.34. The van der Waals surface area contributed by atoms with Crippen LogP contribution in [0.15, 0.2) is 36.1 Å². The zero-order valence-electron chi connectivity index (χ0n) is 9.69. The molecular formula is C14H18N2. The van der Waals surface area contributed by atoms with Crippen LogP contribution in [0, 0.1) is 0 Å². The fourth-order valence-corrected chi connectivity index (χ4v) is 2.05. The minimum Gasteiger partial charge on any atom is -0.330 e. The van der Waals surface area contributed by atoms with Gasteiger partial charge in [0, 0.05) is 6.20 Å². The van der Waals surface area contributed by atoms with Crippen LogP contribution in [-0.4, -0.2) is 11.5 Å². The smallest absolute Gasteiger partial charge is 0.0664 e. The molecule has 2 N–H and O–H groups in total. The Kier molecular flexibility index (Phi) is 3.52. The molecule has 1 aliphatic rings. The van der Waals surface area contributed by atoms with Crippen molar-refractivity contribution in [2.24, 2.45) is 5.73 Å². The van der Waals surface area contributed by atoms with Gasteiger partial charge >= 0.3 is 0 Å². The Hall–Kier alpha value is -1.41. The van der Waals surface area contributed by atoms with Gasteiger partial charge in [0.15, 0.2) is 0 Å². The van der Waals surface area contributed by atoms with Crippen molar-refractivity contribution in [1.29, 1.82) is 0 Å². The van der Waals surface area contributed by atoms with E-state index < -0.39 is 0 Å². The number of rotatable bonds is 2. The summed E-state index contributed by atoms with van der Waals surface area (Å²) in [5.74, 6) is 0.529. The molecule has 0 radical (unpaired) electrons. The number of hydrogen-bond donors (Lipinski definition) is 1. The van der Waals surface area contributed by atoms with Crippen LogP contribution in [0.25, 0.3) is 6.08 Å². The van der Waals surface area contributed by atoms with Gasteiger partial charge in [-0.05, 0) is 43.0 Å². The van der Waals surface area contributed by atoms with E-state index in [1.807, 2.05) is 12.3 Å². The van der Waals surface area contributed by atoms with Gasteiger partial charge < -0.3 is 5.73 Å². The first-order valence-corrected chi connectivity index (χ1v) is 5.83. The summed E-state index contributed by atoms with van der Waals surface area (Å²) in [6, 6.07) is 4.17. The number of aromatic nitrogens is 1. The lowest BCUT2D eigenvalue weighted by molar-refractivity contribution is 0.764. The summed E-state index contributed by atoms with van der Waals surface area (Å²) in [5, 5.41) is 0. The molecule has 1 aliphatic carbocycles. The van der Waals surface area contributed by atoms with Gasteiger partial charge in [-0.15, -0.1) is 0 Å². The first kappa shape index (κ1) is 11.1. The van der Waals surface area contributed by atoms with E-state index in [1.165, 1.54) is 11.1 Å². The standard InChI is InChI=1S/C14H18N2/c1-11-4-5-12(8-9-15)6-7-14-13(11)3-2-10-16-14/h2-3,5-7,10-11H,4,8-9,15H2,1H3. The van der Waals surface area contributed by atoms with E-state index in [2.05, 4.69) is 36.2 Å². The maximum atomic E-state index is 5.59. The third-order valence-corrected chi connectivity index (χ3v) is 3.02. The average Bonchev–Trinajstić information content (AvgIpc) is 2.31. The van der Waals surface area contributed by atoms with Gasteiger partial charge in [0.1, 0.15) is 0 Å². The Morgan fingerprint density at radius 3 is 3.12 bits per heavy atom. The summed E-state index contributed by atoms with van der Waals surface area (Å²) in [7, 11) is 0. The van der Waals surface area contributed by atoms with Crippen molar-refractivity contribution in [2.45, 2.75) is 25.7 Å². The Bertz CT molecular complexity index is 418. The Labute approximate surface area is 96.9 Å². The molecule has 0 bridgehead atoms. The van der Waals surface area contributed by atoms with Gasteiger partial charge in [0.05, 0.1) is 5.69 Å². The van der Waals surface area contributed by atoms with Crippen molar-refractivity contribution in [3.8, 4) is 0 Å². The summed E-state index contributed by atoms with van der Waals surface area (Å²) in [6.45, 7) is 2.95. The number of hydrogen-bond acceptors (Lipinski definition) is 2. The molecule has 1 atom stereocenters. The highest BCUT2D eigenvalue weighted by Crippen LogP contribution is 2.26. The highest BCUT2D eigenvalue weighted by Gasteiger charge is 2.10. The molecule has 1 unspecified atom stereocenters. The molecule has 1 aromatic rings. The van der Waals surface area contributed by atoms with Gasteiger partial charge in [-0.2, -0.15) is 0 Å². The molecule has 0 spiro atoms. The fraction of sp³-hybridized carbons (Fsp3) is 0.357. The van der Waals surface area contributed by atoms with Crippen molar-refractivity contribution >= 4 is 6.08 Å². The van der Waals surface area contributed by atoms with Crippen LogP contribution in [0.4, 0.5) is 0 Å². The van der Waals surface area contributed by atoms with E-state index in [0.717, 1.165) is 18.5 Å². The van der Waals surface area contributed by atoms with Gasteiger partial charge in [0.2, 0.25) is 0 Å². The van der Waals surface area contributed by atoms with E-state index in [1.54, 1.807) is 0 Å². The quantitative estimate of drug-likeness (QED) is 0.822. The minimum absolute atomic E-state index is 0.529. The summed E-state index contributed by atoms with van der Waals surface area (Å²) >= 11 is 0. The number of nitrogens with two attached hydrogens (primary N) is 1. The lowest BCUT2D eigenvalue weighted by atomic mass is 9.92. The zero-order chi connectivity index (χ0) is 11.4. The van der Waals surface area contributed by atoms with Crippen molar-refractivity contribution in [2.75, 3.05) is 6.54 Å². The summed E-state index contributed by atoms with van der Waals surface area (Å²) in [6.07, 6.45) is 10.4. The van der Waals surface area contributed by atoms with Crippen LogP contribution in [0.5, 0.6) is 0 Å². The molecule has 0 amide bonds. The topological polar surface area (TPSA) is 38.9 Å². The fourth-order valence-electron chi connectivity index (χ4n) is 2.05. The van der Waals surface area contributed by atoms with Crippen LogP contribution in [0.1, 0.15) is 36.9 Å². The molecule has 2 nitrogen and oxygen atoms in total. The van der Waals surface area contributed by atoms with E-state index in [0.29, 0.717) is 12.5 Å². The third kappa shape index (κ3) is 2.39. The normalized spacial score (nSPS) is 19.6. The number of nitrogens with zero attached hydrogens (tertiary/aromatic N) is 1. The molecule has 0 saturated heterocycles. The molecule has 84 valence electrons. The second kappa shape index (κ2) is 5.08. The number of pyridine rings is 1. The Balaban J connectivity index is 2.33. The lowest BCUT2D eigenvalue weighted by Gasteiger charge is -2.15. The minimum atomic E-state index is 0.529. The molecule has 1 heterocycles. The molecule has 0 aromatic carbocycles. The molecule has 0 fully saturated rings. The summed E-state index contributed by atoms with van der Waals surface area (Å²) in [4.78, 5) is 4.42. The van der Waals surface area contributed by atoms with Gasteiger partial charge in [0.25, 0.3) is 0 Å². The van der Waals surface area contributed by atoms with Crippen LogP contribution < -0.4 is 5.73 Å². The SMILES string of the molecule is CC1CC=C(CCN)C=Cc2ncccc21. The molecular weight excluding hydrogens is 196 g/mol. The van der Waals surface area contributed by atoms with E-state index >= 15 is 0 Å². The number of fused-ring (bicyclic) bond motifs is 1. The first-order chi connectivity index (χ1) is 7.81. The van der Waals surface area contributed by atoms with Gasteiger partial charge in [-0.3, -0.25) is 4.98 Å². The molecule has 2 rings (SSSR count). The lowest BCUT2D eigenvalue weighted by Crippen LogP contribution is -2.03. The monoisotopic (exact) mass is 214 g/mol. The molecule has 1 aromatic heterocycles. The average molecular weight is 214 g/mol. The zero-order valence-corrected chi connectivity index (χ0v) is 9.69. The van der Waals surface area contributed by atoms with Crippen molar-refractivity contribution in [3.05, 3.63) is 47.3 Å². The number of allylic oxidation sites excluding steroid dienone is 2. The van der Waals surface area contributed by atoms with Crippen LogP contribution >= 0.6 is 0 Å². The van der Waals surface area contributed by atoms with Crippen LogP contribution in [0.2, 0.25) is 0 Å². The maximum Gasteiger partial charge on any atom is 0.0664 e. The van der Waals surface area contributed by atoms with E-state index in [9.17, 15) is 0 Å². The van der Waals surface area contributed by atoms with E-state index in [4.69, 9.17) is 5.73 Å². The molecule has 2 heteroatoms. The molecule has 0 aliphatic heterocycles. The van der Waals surface area contributed by atoms with Crippen molar-refractivity contribution in [3.63, 3.8) is 0 Å². The first-order valence-electron chi connectivity index (χ1n) is 5.83. The Morgan fingerprint density at radius 2 is 2.31 bits per heavy atom. The van der Waals surface area contributed by atoms with Gasteiger partial charge in [-0.25, -0.2) is 0 Å². The van der Waals surface area contributed by atoms with Crippen LogP contribution in [-0.2, 0) is 0 Å². The van der Waals surface area contributed by atoms with Gasteiger partial charge in [-0.1, -0.05) is 30.7 Å². The van der Waals surface area contributed by atoms with E-state index in [-0.39, 0.29) is 0 Å². The maximum absolute atomic E-state index is 5.59. The molecule has 16 heavy (non-hydrogen) atoms. The molecule has 0 saturated carbocycles. The Morgan fingerprint density at radius 1 is 1.44 bits per heavy atom. The summed E-state index contributed by atoms with van der Waals surface area (Å²) < 4.78 is 0. The van der Waals surface area contributed by atoms with Crippen molar-refractivity contribution < 1.29 is 0 Å². The second-order valence-corrected chi connectivity index (χ2v) is 4.27.